The zero-order chi connectivity index (χ0) is 8.81. The minimum absolute atomic E-state index is 0.271. The zero-order valence-corrected chi connectivity index (χ0v) is 7.92. The lowest BCUT2D eigenvalue weighted by atomic mass is 10.1. The van der Waals surface area contributed by atoms with Crippen LogP contribution in [0.1, 0.15) is 19.3 Å². The summed E-state index contributed by atoms with van der Waals surface area (Å²) in [7, 11) is 2.09. The van der Waals surface area contributed by atoms with Gasteiger partial charge in [-0.3, -0.25) is 4.90 Å². The maximum Gasteiger partial charge on any atom is 0.0558 e. The molecular formula is C9H20N2O. The quantitative estimate of drug-likeness (QED) is 0.631. The van der Waals surface area contributed by atoms with Gasteiger partial charge in [0, 0.05) is 19.1 Å². The predicted octanol–water partition coefficient (Wildman–Crippen LogP) is 0.0526. The van der Waals surface area contributed by atoms with Crippen molar-refractivity contribution < 1.29 is 5.11 Å². The maximum absolute atomic E-state index is 8.78. The Morgan fingerprint density at radius 2 is 2.33 bits per heavy atom. The zero-order valence-electron chi connectivity index (χ0n) is 7.92. The molecule has 3 nitrogen and oxygen atoms in total. The van der Waals surface area contributed by atoms with E-state index >= 15 is 0 Å². The van der Waals surface area contributed by atoms with E-state index in [0.29, 0.717) is 6.04 Å². The van der Waals surface area contributed by atoms with Crippen molar-refractivity contribution in [3.8, 4) is 0 Å². The molecule has 1 saturated heterocycles. The minimum atomic E-state index is 0.271. The van der Waals surface area contributed by atoms with Crippen molar-refractivity contribution in [1.82, 2.24) is 10.2 Å². The first-order valence-electron chi connectivity index (χ1n) is 4.86. The van der Waals surface area contributed by atoms with Gasteiger partial charge in [-0.1, -0.05) is 6.42 Å². The molecule has 1 rings (SSSR count). The summed E-state index contributed by atoms with van der Waals surface area (Å²) in [6, 6.07) is 0.625. The molecule has 1 heterocycles. The first kappa shape index (κ1) is 9.96. The highest BCUT2D eigenvalue weighted by Gasteiger charge is 2.15. The minimum Gasteiger partial charge on any atom is -0.395 e. The van der Waals surface area contributed by atoms with Crippen molar-refractivity contribution in [1.29, 1.82) is 0 Å². The second-order valence-electron chi connectivity index (χ2n) is 3.56. The van der Waals surface area contributed by atoms with Gasteiger partial charge in [0.05, 0.1) is 6.61 Å². The van der Waals surface area contributed by atoms with Crippen LogP contribution in [-0.4, -0.2) is 49.3 Å². The second-order valence-corrected chi connectivity index (χ2v) is 3.56. The fraction of sp³-hybridized carbons (Fsp3) is 1.00. The van der Waals surface area contributed by atoms with Crippen LogP contribution in [0.15, 0.2) is 0 Å². The van der Waals surface area contributed by atoms with Crippen molar-refractivity contribution in [3.63, 3.8) is 0 Å². The average molecular weight is 172 g/mol. The van der Waals surface area contributed by atoms with Crippen LogP contribution in [0.3, 0.4) is 0 Å². The van der Waals surface area contributed by atoms with Crippen LogP contribution >= 0.6 is 0 Å². The number of rotatable bonds is 3. The fourth-order valence-electron chi connectivity index (χ4n) is 1.72. The Hall–Kier alpha value is -0.120. The Balaban J connectivity index is 2.27. The molecule has 0 aliphatic carbocycles. The standard InChI is InChI=1S/C9H20N2O/c1-11(6-7-12)9-4-2-3-5-10-8-9/h9-10,12H,2-8H2,1H3. The number of aliphatic hydroxyl groups is 1. The summed E-state index contributed by atoms with van der Waals surface area (Å²) >= 11 is 0. The summed E-state index contributed by atoms with van der Waals surface area (Å²) in [5, 5.41) is 12.2. The molecule has 3 heteroatoms. The van der Waals surface area contributed by atoms with Crippen molar-refractivity contribution in [3.05, 3.63) is 0 Å². The Kier molecular flexibility index (Phi) is 4.58. The van der Waals surface area contributed by atoms with Gasteiger partial charge < -0.3 is 10.4 Å². The van der Waals surface area contributed by atoms with Crippen LogP contribution in [0.25, 0.3) is 0 Å². The topological polar surface area (TPSA) is 35.5 Å². The summed E-state index contributed by atoms with van der Waals surface area (Å²) in [6.07, 6.45) is 3.88. The van der Waals surface area contributed by atoms with E-state index in [0.717, 1.165) is 19.6 Å². The Bertz CT molecular complexity index is 111. The number of nitrogens with one attached hydrogen (secondary N) is 1. The highest BCUT2D eigenvalue weighted by molar-refractivity contribution is 4.74. The third-order valence-electron chi connectivity index (χ3n) is 2.60. The van der Waals surface area contributed by atoms with Crippen molar-refractivity contribution >= 4 is 0 Å². The molecule has 1 atom stereocenters. The molecule has 0 spiro atoms. The lowest BCUT2D eigenvalue weighted by molar-refractivity contribution is 0.174. The van der Waals surface area contributed by atoms with Crippen LogP contribution in [0.4, 0.5) is 0 Å². The van der Waals surface area contributed by atoms with Gasteiger partial charge in [-0.15, -0.1) is 0 Å². The SMILES string of the molecule is CN(CCO)C1CCCCNC1. The largest absolute Gasteiger partial charge is 0.395 e. The lowest BCUT2D eigenvalue weighted by Crippen LogP contribution is -2.40. The van der Waals surface area contributed by atoms with E-state index in [-0.39, 0.29) is 6.61 Å². The van der Waals surface area contributed by atoms with Gasteiger partial charge in [0.1, 0.15) is 0 Å². The summed E-state index contributed by atoms with van der Waals surface area (Å²) in [4.78, 5) is 2.25. The van der Waals surface area contributed by atoms with Gasteiger partial charge >= 0.3 is 0 Å². The third-order valence-corrected chi connectivity index (χ3v) is 2.60. The van der Waals surface area contributed by atoms with E-state index in [2.05, 4.69) is 17.3 Å². The number of hydrogen-bond donors (Lipinski definition) is 2. The number of nitrogens with zero attached hydrogens (tertiary/aromatic N) is 1. The van der Waals surface area contributed by atoms with E-state index in [4.69, 9.17) is 5.11 Å². The maximum atomic E-state index is 8.78. The monoisotopic (exact) mass is 172 g/mol. The Labute approximate surface area is 74.8 Å². The van der Waals surface area contributed by atoms with Crippen LogP contribution < -0.4 is 5.32 Å². The molecular weight excluding hydrogens is 152 g/mol. The summed E-state index contributed by atoms with van der Waals surface area (Å²) in [5.74, 6) is 0. The lowest BCUT2D eigenvalue weighted by Gasteiger charge is -2.25. The number of aliphatic hydroxyl groups excluding tert-OH is 1. The molecule has 0 bridgehead atoms. The van der Waals surface area contributed by atoms with Gasteiger partial charge in [-0.25, -0.2) is 0 Å². The molecule has 0 aromatic rings. The normalized spacial score (nSPS) is 25.8. The van der Waals surface area contributed by atoms with Crippen molar-refractivity contribution in [2.75, 3.05) is 33.3 Å². The summed E-state index contributed by atoms with van der Waals surface area (Å²) in [6.45, 7) is 3.30. The molecule has 1 aliphatic rings. The first-order valence-corrected chi connectivity index (χ1v) is 4.86. The van der Waals surface area contributed by atoms with Crippen molar-refractivity contribution in [2.45, 2.75) is 25.3 Å². The first-order chi connectivity index (χ1) is 5.84. The molecule has 0 radical (unpaired) electrons. The summed E-state index contributed by atoms with van der Waals surface area (Å²) in [5.41, 5.74) is 0. The van der Waals surface area contributed by atoms with Crippen LogP contribution in [0.2, 0.25) is 0 Å². The molecule has 1 aliphatic heterocycles. The smallest absolute Gasteiger partial charge is 0.0558 e. The van der Waals surface area contributed by atoms with Crippen molar-refractivity contribution in [2.24, 2.45) is 0 Å². The molecule has 12 heavy (non-hydrogen) atoms. The number of hydrogen-bond acceptors (Lipinski definition) is 3. The van der Waals surface area contributed by atoms with E-state index < -0.39 is 0 Å². The molecule has 72 valence electrons. The van der Waals surface area contributed by atoms with E-state index in [9.17, 15) is 0 Å². The average Bonchev–Trinajstić information content (AvgIpc) is 2.32. The molecule has 1 fully saturated rings. The Morgan fingerprint density at radius 1 is 1.50 bits per heavy atom. The van der Waals surface area contributed by atoms with Crippen LogP contribution in [0.5, 0.6) is 0 Å². The fourth-order valence-corrected chi connectivity index (χ4v) is 1.72. The predicted molar refractivity (Wildman–Crippen MR) is 50.2 cm³/mol. The second kappa shape index (κ2) is 5.51. The molecule has 0 aromatic heterocycles. The van der Waals surface area contributed by atoms with Crippen LogP contribution in [0, 0.1) is 0 Å². The van der Waals surface area contributed by atoms with E-state index in [1.165, 1.54) is 19.3 Å². The molecule has 0 aromatic carbocycles. The van der Waals surface area contributed by atoms with Gasteiger partial charge in [0.15, 0.2) is 0 Å². The highest BCUT2D eigenvalue weighted by Crippen LogP contribution is 2.08. The van der Waals surface area contributed by atoms with Gasteiger partial charge in [0.2, 0.25) is 0 Å². The highest BCUT2D eigenvalue weighted by atomic mass is 16.3. The third kappa shape index (κ3) is 3.09. The number of likely N-dealkylation sites (N-methyl/N-ethyl adjacent to an activating group) is 1. The molecule has 2 N–H and O–H groups in total. The van der Waals surface area contributed by atoms with Gasteiger partial charge in [-0.2, -0.15) is 0 Å². The van der Waals surface area contributed by atoms with E-state index in [1.807, 2.05) is 0 Å². The van der Waals surface area contributed by atoms with Gasteiger partial charge in [0.25, 0.3) is 0 Å². The Morgan fingerprint density at radius 3 is 3.08 bits per heavy atom. The van der Waals surface area contributed by atoms with Gasteiger partial charge in [-0.05, 0) is 26.4 Å². The van der Waals surface area contributed by atoms with Crippen LogP contribution in [-0.2, 0) is 0 Å². The molecule has 1 unspecified atom stereocenters. The molecule has 0 amide bonds. The van der Waals surface area contributed by atoms with E-state index in [1.54, 1.807) is 0 Å². The summed E-state index contributed by atoms with van der Waals surface area (Å²) < 4.78 is 0. The molecule has 0 saturated carbocycles.